The zero-order valence-electron chi connectivity index (χ0n) is 12.1. The van der Waals surface area contributed by atoms with Crippen molar-refractivity contribution in [3.63, 3.8) is 0 Å². The molecule has 0 amide bonds. The molecule has 0 saturated carbocycles. The van der Waals surface area contributed by atoms with Gasteiger partial charge in [-0.15, -0.1) is 0 Å². The molecule has 21 heavy (non-hydrogen) atoms. The van der Waals surface area contributed by atoms with Crippen molar-refractivity contribution in [3.05, 3.63) is 34.2 Å². The zero-order valence-corrected chi connectivity index (χ0v) is 12.1. The fourth-order valence-electron chi connectivity index (χ4n) is 2.23. The highest BCUT2D eigenvalue weighted by Crippen LogP contribution is 2.30. The number of rotatable bonds is 7. The van der Waals surface area contributed by atoms with E-state index in [4.69, 9.17) is 14.3 Å². The van der Waals surface area contributed by atoms with Gasteiger partial charge in [-0.1, -0.05) is 19.8 Å². The van der Waals surface area contributed by atoms with Gasteiger partial charge < -0.3 is 19.4 Å². The van der Waals surface area contributed by atoms with E-state index in [1.807, 2.05) is 0 Å². The maximum Gasteiger partial charge on any atom is 0.343 e. The van der Waals surface area contributed by atoms with Gasteiger partial charge in [0, 0.05) is 0 Å². The molecule has 1 aromatic carbocycles. The van der Waals surface area contributed by atoms with Gasteiger partial charge in [-0.2, -0.15) is 0 Å². The highest BCUT2D eigenvalue weighted by Gasteiger charge is 2.14. The fourth-order valence-corrected chi connectivity index (χ4v) is 2.23. The van der Waals surface area contributed by atoms with E-state index in [0.29, 0.717) is 28.7 Å². The van der Waals surface area contributed by atoms with Crippen LogP contribution in [0.4, 0.5) is 0 Å². The van der Waals surface area contributed by atoms with Gasteiger partial charge >= 0.3 is 5.63 Å². The Labute approximate surface area is 122 Å². The van der Waals surface area contributed by atoms with E-state index in [0.717, 1.165) is 19.3 Å². The fraction of sp³-hybridized carbons (Fsp3) is 0.438. The average Bonchev–Trinajstić information content (AvgIpc) is 2.49. The third-order valence-corrected chi connectivity index (χ3v) is 3.33. The van der Waals surface area contributed by atoms with Gasteiger partial charge in [0.15, 0.2) is 0 Å². The van der Waals surface area contributed by atoms with Crippen molar-refractivity contribution < 1.29 is 19.4 Å². The first-order valence-electron chi connectivity index (χ1n) is 7.19. The molecule has 0 radical (unpaired) electrons. The highest BCUT2D eigenvalue weighted by atomic mass is 16.5. The van der Waals surface area contributed by atoms with Crippen molar-refractivity contribution in [2.24, 2.45) is 0 Å². The molecular weight excluding hydrogens is 272 g/mol. The van der Waals surface area contributed by atoms with Gasteiger partial charge in [-0.25, -0.2) is 4.79 Å². The van der Waals surface area contributed by atoms with Gasteiger partial charge in [0.05, 0.1) is 17.6 Å². The molecule has 0 spiro atoms. The number of fused-ring (bicyclic) bond motifs is 1. The Kier molecular flexibility index (Phi) is 5.22. The lowest BCUT2D eigenvalue weighted by molar-refractivity contribution is 0.201. The van der Waals surface area contributed by atoms with Crippen LogP contribution in [0.2, 0.25) is 0 Å². The minimum atomic E-state index is -0.486. The van der Waals surface area contributed by atoms with Crippen LogP contribution in [0, 0.1) is 0 Å². The maximum absolute atomic E-state index is 11.9. The zero-order chi connectivity index (χ0) is 15.2. The molecule has 0 atom stereocenters. The third-order valence-electron chi connectivity index (χ3n) is 3.33. The molecule has 2 rings (SSSR count). The Hall–Kier alpha value is -2.01. The molecule has 0 fully saturated rings. The van der Waals surface area contributed by atoms with E-state index in [-0.39, 0.29) is 19.0 Å². The summed E-state index contributed by atoms with van der Waals surface area (Å²) in [6.45, 7) is 2.16. The van der Waals surface area contributed by atoms with E-state index in [1.165, 1.54) is 0 Å². The number of aliphatic hydroxyl groups excluding tert-OH is 1. The molecule has 0 aliphatic rings. The van der Waals surface area contributed by atoms with Crippen molar-refractivity contribution >= 4 is 11.0 Å². The van der Waals surface area contributed by atoms with Crippen LogP contribution in [0.1, 0.15) is 31.7 Å². The van der Waals surface area contributed by atoms with Gasteiger partial charge in [-0.3, -0.25) is 0 Å². The predicted octanol–water partition coefficient (Wildman–Crippen LogP) is 2.60. The van der Waals surface area contributed by atoms with E-state index >= 15 is 0 Å². The van der Waals surface area contributed by atoms with Crippen LogP contribution in [0.25, 0.3) is 11.0 Å². The van der Waals surface area contributed by atoms with Crippen LogP contribution in [0.15, 0.2) is 27.4 Å². The van der Waals surface area contributed by atoms with E-state index < -0.39 is 5.63 Å². The summed E-state index contributed by atoms with van der Waals surface area (Å²) in [6.07, 6.45) is 3.37. The smallest absolute Gasteiger partial charge is 0.343 e. The number of unbranched alkanes of at least 4 members (excludes halogenated alkanes) is 2. The normalized spacial score (nSPS) is 11.0. The molecule has 1 aromatic heterocycles. The maximum atomic E-state index is 11.9. The monoisotopic (exact) mass is 292 g/mol. The second-order valence-electron chi connectivity index (χ2n) is 4.90. The summed E-state index contributed by atoms with van der Waals surface area (Å²) in [4.78, 5) is 11.9. The average molecular weight is 292 g/mol. The number of benzene rings is 1. The van der Waals surface area contributed by atoms with Crippen molar-refractivity contribution in [1.82, 2.24) is 0 Å². The number of aliphatic hydroxyl groups is 1. The number of hydrogen-bond acceptors (Lipinski definition) is 5. The van der Waals surface area contributed by atoms with Crippen LogP contribution >= 0.6 is 0 Å². The molecule has 0 aliphatic heterocycles. The second-order valence-corrected chi connectivity index (χ2v) is 4.90. The molecule has 0 saturated heterocycles. The number of ether oxygens (including phenoxy) is 1. The molecule has 0 aliphatic carbocycles. The minimum Gasteiger partial charge on any atom is -0.507 e. The lowest BCUT2D eigenvalue weighted by Gasteiger charge is -2.08. The van der Waals surface area contributed by atoms with E-state index in [1.54, 1.807) is 18.2 Å². The Morgan fingerprint density at radius 1 is 1.29 bits per heavy atom. The van der Waals surface area contributed by atoms with Gasteiger partial charge in [0.25, 0.3) is 0 Å². The quantitative estimate of drug-likeness (QED) is 0.605. The summed E-state index contributed by atoms with van der Waals surface area (Å²) < 4.78 is 10.5. The summed E-state index contributed by atoms with van der Waals surface area (Å²) >= 11 is 0. The number of hydrogen-bond donors (Lipinski definition) is 2. The SMILES string of the molecule is CCCCCc1c(O)c2cc(OCCO)ccc2oc1=O. The Bertz CT molecular complexity index is 660. The summed E-state index contributed by atoms with van der Waals surface area (Å²) in [7, 11) is 0. The highest BCUT2D eigenvalue weighted by molar-refractivity contribution is 5.85. The predicted molar refractivity (Wildman–Crippen MR) is 80.0 cm³/mol. The molecule has 1 heterocycles. The van der Waals surface area contributed by atoms with Crippen LogP contribution < -0.4 is 10.4 Å². The Morgan fingerprint density at radius 3 is 2.81 bits per heavy atom. The van der Waals surface area contributed by atoms with Gasteiger partial charge in [-0.05, 0) is 31.0 Å². The first-order valence-corrected chi connectivity index (χ1v) is 7.19. The third kappa shape index (κ3) is 3.55. The van der Waals surface area contributed by atoms with Crippen molar-refractivity contribution in [3.8, 4) is 11.5 Å². The topological polar surface area (TPSA) is 79.9 Å². The first kappa shape index (κ1) is 15.4. The standard InChI is InChI=1S/C16H20O5/c1-2-3-4-5-12-15(18)13-10-11(20-9-8-17)6-7-14(13)21-16(12)19/h6-7,10,17-18H,2-5,8-9H2,1H3. The van der Waals surface area contributed by atoms with Crippen LogP contribution in [-0.2, 0) is 6.42 Å². The molecule has 5 nitrogen and oxygen atoms in total. The molecule has 0 bridgehead atoms. The summed E-state index contributed by atoms with van der Waals surface area (Å²) in [6, 6.07) is 4.84. The van der Waals surface area contributed by atoms with Gasteiger partial charge in [0.2, 0.25) is 0 Å². The van der Waals surface area contributed by atoms with Crippen molar-refractivity contribution in [1.29, 1.82) is 0 Å². The molecule has 114 valence electrons. The molecule has 2 aromatic rings. The molecule has 5 heteroatoms. The van der Waals surface area contributed by atoms with E-state index in [2.05, 4.69) is 6.92 Å². The second kappa shape index (κ2) is 7.13. The molecule has 2 N–H and O–H groups in total. The molecule has 0 unspecified atom stereocenters. The minimum absolute atomic E-state index is 0.0354. The van der Waals surface area contributed by atoms with Crippen LogP contribution in [0.5, 0.6) is 11.5 Å². The van der Waals surface area contributed by atoms with Crippen LogP contribution in [-0.4, -0.2) is 23.4 Å². The van der Waals surface area contributed by atoms with Crippen molar-refractivity contribution in [2.45, 2.75) is 32.6 Å². The largest absolute Gasteiger partial charge is 0.507 e. The first-order chi connectivity index (χ1) is 10.2. The Morgan fingerprint density at radius 2 is 2.10 bits per heavy atom. The number of aromatic hydroxyl groups is 1. The summed E-state index contributed by atoms with van der Waals surface area (Å²) in [5, 5.41) is 19.5. The summed E-state index contributed by atoms with van der Waals surface area (Å²) in [5.74, 6) is 0.479. The van der Waals surface area contributed by atoms with Crippen molar-refractivity contribution in [2.75, 3.05) is 13.2 Å². The Balaban J connectivity index is 2.39. The summed E-state index contributed by atoms with van der Waals surface area (Å²) in [5.41, 5.74) is 0.156. The molecular formula is C16H20O5. The van der Waals surface area contributed by atoms with E-state index in [9.17, 15) is 9.90 Å². The van der Waals surface area contributed by atoms with Gasteiger partial charge in [0.1, 0.15) is 23.7 Å². The van der Waals surface area contributed by atoms with Crippen LogP contribution in [0.3, 0.4) is 0 Å². The lowest BCUT2D eigenvalue weighted by atomic mass is 10.1. The lowest BCUT2D eigenvalue weighted by Crippen LogP contribution is -2.08.